The molecule has 1 N–H and O–H groups in total. The summed E-state index contributed by atoms with van der Waals surface area (Å²) in [5.74, 6) is -1.01. The number of hydrogen-bond acceptors (Lipinski definition) is 1. The number of carboxylic acid groups (broad SMARTS) is 1. The molecule has 0 aliphatic carbocycles. The van der Waals surface area contributed by atoms with E-state index in [9.17, 15) is 4.79 Å². The van der Waals surface area contributed by atoms with Crippen LogP contribution in [0.25, 0.3) is 6.08 Å². The normalized spacial score (nSPS) is 10.8. The Labute approximate surface area is 91.8 Å². The van der Waals surface area contributed by atoms with Gasteiger partial charge in [0.05, 0.1) is 5.02 Å². The van der Waals surface area contributed by atoms with Crippen LogP contribution < -0.4 is 0 Å². The molecule has 74 valence electrons. The van der Waals surface area contributed by atoms with E-state index < -0.39 is 5.97 Å². The first kappa shape index (κ1) is 11.1. The van der Waals surface area contributed by atoms with Gasteiger partial charge in [-0.05, 0) is 30.2 Å². The zero-order valence-electron chi connectivity index (χ0n) is 7.42. The Kier molecular flexibility index (Phi) is 3.55. The van der Waals surface area contributed by atoms with Gasteiger partial charge in [-0.3, -0.25) is 0 Å². The fourth-order valence-electron chi connectivity index (χ4n) is 0.972. The summed E-state index contributed by atoms with van der Waals surface area (Å²) >= 11 is 11.8. The SMILES string of the molecule is Cc1c(Cl)ccc(C=CC(=O)O)c1Cl. The molecule has 0 radical (unpaired) electrons. The Morgan fingerprint density at radius 2 is 2.07 bits per heavy atom. The van der Waals surface area contributed by atoms with E-state index in [0.29, 0.717) is 15.6 Å². The van der Waals surface area contributed by atoms with Crippen LogP contribution in [0, 0.1) is 6.92 Å². The second-order valence-electron chi connectivity index (χ2n) is 2.75. The van der Waals surface area contributed by atoms with Crippen molar-refractivity contribution < 1.29 is 9.90 Å². The van der Waals surface area contributed by atoms with Crippen molar-refractivity contribution in [1.82, 2.24) is 0 Å². The van der Waals surface area contributed by atoms with Gasteiger partial charge in [0.1, 0.15) is 0 Å². The molecule has 0 aliphatic heterocycles. The third kappa shape index (κ3) is 2.50. The number of rotatable bonds is 2. The summed E-state index contributed by atoms with van der Waals surface area (Å²) in [4.78, 5) is 10.3. The molecule has 4 heteroatoms. The van der Waals surface area contributed by atoms with Crippen LogP contribution in [-0.2, 0) is 4.79 Å². The first-order valence-corrected chi connectivity index (χ1v) is 4.63. The Bertz CT molecular complexity index is 397. The molecule has 0 fully saturated rings. The van der Waals surface area contributed by atoms with Crippen molar-refractivity contribution in [1.29, 1.82) is 0 Å². The summed E-state index contributed by atoms with van der Waals surface area (Å²) in [6.45, 7) is 1.78. The van der Waals surface area contributed by atoms with Crippen LogP contribution in [-0.4, -0.2) is 11.1 Å². The van der Waals surface area contributed by atoms with Crippen LogP contribution in [0.4, 0.5) is 0 Å². The lowest BCUT2D eigenvalue weighted by Gasteiger charge is -2.03. The standard InChI is InChI=1S/C10H8Cl2O2/c1-6-8(11)4-2-7(10(6)12)3-5-9(13)14/h2-5H,1H3,(H,13,14). The van der Waals surface area contributed by atoms with Gasteiger partial charge in [0.2, 0.25) is 0 Å². The van der Waals surface area contributed by atoms with Gasteiger partial charge in [-0.1, -0.05) is 29.3 Å². The Balaban J connectivity index is 3.12. The molecule has 0 atom stereocenters. The molecule has 1 aromatic carbocycles. The maximum Gasteiger partial charge on any atom is 0.328 e. The van der Waals surface area contributed by atoms with Crippen molar-refractivity contribution >= 4 is 35.2 Å². The first-order valence-electron chi connectivity index (χ1n) is 3.88. The van der Waals surface area contributed by atoms with Crippen molar-refractivity contribution in [3.8, 4) is 0 Å². The molecule has 0 spiro atoms. The molecule has 1 rings (SSSR count). The van der Waals surface area contributed by atoms with E-state index in [1.54, 1.807) is 19.1 Å². The molecule has 0 saturated carbocycles. The second kappa shape index (κ2) is 4.49. The molecule has 14 heavy (non-hydrogen) atoms. The highest BCUT2D eigenvalue weighted by atomic mass is 35.5. The molecule has 0 saturated heterocycles. The van der Waals surface area contributed by atoms with Gasteiger partial charge in [-0.15, -0.1) is 0 Å². The molecular formula is C10H8Cl2O2. The minimum atomic E-state index is -1.01. The fraction of sp³-hybridized carbons (Fsp3) is 0.100. The molecule has 0 amide bonds. The van der Waals surface area contributed by atoms with Crippen molar-refractivity contribution in [2.24, 2.45) is 0 Å². The van der Waals surface area contributed by atoms with Crippen molar-refractivity contribution in [3.05, 3.63) is 39.4 Å². The number of benzene rings is 1. The minimum Gasteiger partial charge on any atom is -0.478 e. The van der Waals surface area contributed by atoms with E-state index in [0.717, 1.165) is 11.6 Å². The Hall–Kier alpha value is -0.990. The molecule has 0 aromatic heterocycles. The molecule has 0 bridgehead atoms. The predicted octanol–water partition coefficient (Wildman–Crippen LogP) is 3.40. The highest BCUT2D eigenvalue weighted by Gasteiger charge is 2.04. The van der Waals surface area contributed by atoms with Crippen LogP contribution in [0.2, 0.25) is 10.0 Å². The summed E-state index contributed by atoms with van der Waals surface area (Å²) in [5.41, 5.74) is 1.40. The van der Waals surface area contributed by atoms with Gasteiger partial charge in [-0.25, -0.2) is 4.79 Å². The van der Waals surface area contributed by atoms with Gasteiger partial charge < -0.3 is 5.11 Å². The quantitative estimate of drug-likeness (QED) is 0.792. The number of carbonyl (C=O) groups is 1. The van der Waals surface area contributed by atoms with Gasteiger partial charge in [-0.2, -0.15) is 0 Å². The second-order valence-corrected chi connectivity index (χ2v) is 3.53. The Morgan fingerprint density at radius 3 is 2.64 bits per heavy atom. The third-order valence-electron chi connectivity index (χ3n) is 1.76. The van der Waals surface area contributed by atoms with E-state index in [1.165, 1.54) is 6.08 Å². The summed E-state index contributed by atoms with van der Waals surface area (Å²) < 4.78 is 0. The molecule has 2 nitrogen and oxygen atoms in total. The maximum absolute atomic E-state index is 10.3. The lowest BCUT2D eigenvalue weighted by Crippen LogP contribution is -1.87. The lowest BCUT2D eigenvalue weighted by atomic mass is 10.1. The topological polar surface area (TPSA) is 37.3 Å². The van der Waals surface area contributed by atoms with E-state index in [1.807, 2.05) is 0 Å². The van der Waals surface area contributed by atoms with Crippen LogP contribution in [0.15, 0.2) is 18.2 Å². The smallest absolute Gasteiger partial charge is 0.328 e. The molecule has 0 unspecified atom stereocenters. The maximum atomic E-state index is 10.3. The summed E-state index contributed by atoms with van der Waals surface area (Å²) in [7, 11) is 0. The van der Waals surface area contributed by atoms with Crippen LogP contribution in [0.3, 0.4) is 0 Å². The molecular weight excluding hydrogens is 223 g/mol. The largest absolute Gasteiger partial charge is 0.478 e. The summed E-state index contributed by atoms with van der Waals surface area (Å²) in [5, 5.41) is 9.49. The van der Waals surface area contributed by atoms with Crippen molar-refractivity contribution in [3.63, 3.8) is 0 Å². The minimum absolute atomic E-state index is 0.481. The lowest BCUT2D eigenvalue weighted by molar-refractivity contribution is -0.131. The molecule has 1 aromatic rings. The van der Waals surface area contributed by atoms with E-state index >= 15 is 0 Å². The number of hydrogen-bond donors (Lipinski definition) is 1. The highest BCUT2D eigenvalue weighted by molar-refractivity contribution is 6.36. The average molecular weight is 231 g/mol. The van der Waals surface area contributed by atoms with Crippen molar-refractivity contribution in [2.75, 3.05) is 0 Å². The molecule has 0 aliphatic rings. The van der Waals surface area contributed by atoms with E-state index in [2.05, 4.69) is 0 Å². The van der Waals surface area contributed by atoms with Crippen LogP contribution >= 0.6 is 23.2 Å². The zero-order chi connectivity index (χ0) is 10.7. The first-order chi connectivity index (χ1) is 6.52. The van der Waals surface area contributed by atoms with Crippen LogP contribution in [0.5, 0.6) is 0 Å². The molecule has 0 heterocycles. The third-order valence-corrected chi connectivity index (χ3v) is 2.67. The predicted molar refractivity (Wildman–Crippen MR) is 57.9 cm³/mol. The summed E-state index contributed by atoms with van der Waals surface area (Å²) in [6, 6.07) is 3.36. The van der Waals surface area contributed by atoms with Crippen molar-refractivity contribution in [2.45, 2.75) is 6.92 Å². The monoisotopic (exact) mass is 230 g/mol. The zero-order valence-corrected chi connectivity index (χ0v) is 8.93. The average Bonchev–Trinajstić information content (AvgIpc) is 2.13. The fourth-order valence-corrected chi connectivity index (χ4v) is 1.41. The highest BCUT2D eigenvalue weighted by Crippen LogP contribution is 2.27. The number of carboxylic acids is 1. The van der Waals surface area contributed by atoms with Gasteiger partial charge in [0.15, 0.2) is 0 Å². The number of aliphatic carboxylic acids is 1. The van der Waals surface area contributed by atoms with Gasteiger partial charge >= 0.3 is 5.97 Å². The Morgan fingerprint density at radius 1 is 1.43 bits per heavy atom. The van der Waals surface area contributed by atoms with E-state index in [-0.39, 0.29) is 0 Å². The number of halogens is 2. The van der Waals surface area contributed by atoms with Gasteiger partial charge in [0, 0.05) is 11.1 Å². The van der Waals surface area contributed by atoms with Crippen LogP contribution in [0.1, 0.15) is 11.1 Å². The van der Waals surface area contributed by atoms with E-state index in [4.69, 9.17) is 28.3 Å². The van der Waals surface area contributed by atoms with Gasteiger partial charge in [0.25, 0.3) is 0 Å². The summed E-state index contributed by atoms with van der Waals surface area (Å²) in [6.07, 6.45) is 2.47.